The quantitative estimate of drug-likeness (QED) is 0.804. The summed E-state index contributed by atoms with van der Waals surface area (Å²) in [6.45, 7) is 1.55. The fourth-order valence-electron chi connectivity index (χ4n) is 3.24. The predicted molar refractivity (Wildman–Crippen MR) is 110 cm³/mol. The molecule has 28 heavy (non-hydrogen) atoms. The number of nitrogens with one attached hydrogen (secondary N) is 1. The molecule has 9 heteroatoms. The number of hydrogen-bond donors (Lipinski definition) is 1. The normalized spacial score (nSPS) is 14.8. The van der Waals surface area contributed by atoms with Crippen LogP contribution in [0, 0.1) is 0 Å². The van der Waals surface area contributed by atoms with E-state index in [1.165, 1.54) is 4.90 Å². The second-order valence-electron chi connectivity index (χ2n) is 6.45. The summed E-state index contributed by atoms with van der Waals surface area (Å²) in [4.78, 5) is 26.8. The summed E-state index contributed by atoms with van der Waals surface area (Å²) in [6.07, 6.45) is 1.28. The number of sulfonamides is 1. The van der Waals surface area contributed by atoms with Crippen LogP contribution in [0.5, 0.6) is 0 Å². The van der Waals surface area contributed by atoms with E-state index in [0.29, 0.717) is 22.1 Å². The Kier molecular flexibility index (Phi) is 5.62. The molecule has 0 aliphatic carbocycles. The molecule has 0 fully saturated rings. The monoisotopic (exact) mass is 421 g/mol. The lowest BCUT2D eigenvalue weighted by molar-refractivity contribution is -0.122. The first kappa shape index (κ1) is 20.2. The second kappa shape index (κ2) is 7.81. The number of fused-ring (bicyclic) bond motifs is 1. The molecule has 0 unspecified atom stereocenters. The molecule has 1 N–H and O–H groups in total. The number of para-hydroxylation sites is 2. The van der Waals surface area contributed by atoms with Gasteiger partial charge >= 0.3 is 0 Å². The SMILES string of the molecule is CC[C@H](C(=O)N1CC(=O)Nc2ccccc21)N(c1ccc(Cl)cc1)S(C)(=O)=O. The third kappa shape index (κ3) is 3.98. The van der Waals surface area contributed by atoms with Crippen LogP contribution >= 0.6 is 11.6 Å². The maximum atomic E-state index is 13.4. The molecule has 148 valence electrons. The highest BCUT2D eigenvalue weighted by molar-refractivity contribution is 7.92. The minimum atomic E-state index is -3.77. The Morgan fingerprint density at radius 3 is 2.46 bits per heavy atom. The summed E-state index contributed by atoms with van der Waals surface area (Å²) < 4.78 is 26.2. The first-order valence-corrected chi connectivity index (χ1v) is 10.9. The van der Waals surface area contributed by atoms with Gasteiger partial charge in [0, 0.05) is 5.02 Å². The summed E-state index contributed by atoms with van der Waals surface area (Å²) in [6, 6.07) is 12.1. The van der Waals surface area contributed by atoms with Gasteiger partial charge in [-0.25, -0.2) is 8.42 Å². The summed E-state index contributed by atoms with van der Waals surface area (Å²) >= 11 is 5.91. The van der Waals surface area contributed by atoms with Gasteiger partial charge < -0.3 is 5.32 Å². The molecule has 2 aromatic rings. The minimum absolute atomic E-state index is 0.176. The number of rotatable bonds is 5. The average molecular weight is 422 g/mol. The van der Waals surface area contributed by atoms with Crippen molar-refractivity contribution in [3.8, 4) is 0 Å². The molecule has 7 nitrogen and oxygen atoms in total. The first-order valence-electron chi connectivity index (χ1n) is 8.67. The van der Waals surface area contributed by atoms with E-state index >= 15 is 0 Å². The third-order valence-electron chi connectivity index (χ3n) is 4.43. The lowest BCUT2D eigenvalue weighted by Crippen LogP contribution is -2.53. The van der Waals surface area contributed by atoms with Gasteiger partial charge in [0.1, 0.15) is 12.6 Å². The summed E-state index contributed by atoms with van der Waals surface area (Å²) in [7, 11) is -3.77. The van der Waals surface area contributed by atoms with Crippen LogP contribution in [0.3, 0.4) is 0 Å². The van der Waals surface area contributed by atoms with Gasteiger partial charge in [0.05, 0.1) is 23.3 Å². The summed E-state index contributed by atoms with van der Waals surface area (Å²) in [5, 5.41) is 3.18. The van der Waals surface area contributed by atoms with Gasteiger partial charge in [-0.1, -0.05) is 30.7 Å². The molecule has 0 bridgehead atoms. The van der Waals surface area contributed by atoms with Crippen LogP contribution in [0.4, 0.5) is 17.1 Å². The fourth-order valence-corrected chi connectivity index (χ4v) is 4.57. The van der Waals surface area contributed by atoms with Crippen LogP contribution < -0.4 is 14.5 Å². The van der Waals surface area contributed by atoms with Crippen LogP contribution in [0.2, 0.25) is 5.02 Å². The molecule has 0 saturated heterocycles. The van der Waals surface area contributed by atoms with E-state index in [0.717, 1.165) is 10.6 Å². The molecule has 3 rings (SSSR count). The number of benzene rings is 2. The number of carbonyl (C=O) groups is 2. The highest BCUT2D eigenvalue weighted by Gasteiger charge is 2.37. The van der Waals surface area contributed by atoms with Crippen molar-refractivity contribution < 1.29 is 18.0 Å². The summed E-state index contributed by atoms with van der Waals surface area (Å²) in [5.41, 5.74) is 1.39. The largest absolute Gasteiger partial charge is 0.323 e. The maximum absolute atomic E-state index is 13.4. The van der Waals surface area contributed by atoms with Crippen molar-refractivity contribution in [2.75, 3.05) is 27.3 Å². The van der Waals surface area contributed by atoms with E-state index in [-0.39, 0.29) is 18.9 Å². The number of hydrogen-bond acceptors (Lipinski definition) is 4. The van der Waals surface area contributed by atoms with Gasteiger partial charge in [0.15, 0.2) is 0 Å². The fraction of sp³-hybridized carbons (Fsp3) is 0.263. The van der Waals surface area contributed by atoms with Crippen LogP contribution in [0.1, 0.15) is 13.3 Å². The minimum Gasteiger partial charge on any atom is -0.323 e. The first-order chi connectivity index (χ1) is 13.2. The molecule has 0 saturated carbocycles. The Morgan fingerprint density at radius 1 is 1.21 bits per heavy atom. The van der Waals surface area contributed by atoms with E-state index in [9.17, 15) is 18.0 Å². The maximum Gasteiger partial charge on any atom is 0.251 e. The number of carbonyl (C=O) groups excluding carboxylic acids is 2. The van der Waals surface area contributed by atoms with E-state index in [1.54, 1.807) is 55.5 Å². The number of anilines is 3. The highest BCUT2D eigenvalue weighted by atomic mass is 35.5. The predicted octanol–water partition coefficient (Wildman–Crippen LogP) is 2.87. The van der Waals surface area contributed by atoms with Crippen molar-refractivity contribution in [1.82, 2.24) is 0 Å². The molecule has 0 aromatic heterocycles. The van der Waals surface area contributed by atoms with Crippen molar-refractivity contribution in [3.05, 3.63) is 53.6 Å². The number of amides is 2. The van der Waals surface area contributed by atoms with Crippen molar-refractivity contribution in [1.29, 1.82) is 0 Å². The van der Waals surface area contributed by atoms with Crippen LogP contribution in [-0.2, 0) is 19.6 Å². The lowest BCUT2D eigenvalue weighted by atomic mass is 10.1. The lowest BCUT2D eigenvalue weighted by Gasteiger charge is -2.36. The van der Waals surface area contributed by atoms with E-state index in [1.807, 2.05) is 0 Å². The van der Waals surface area contributed by atoms with Crippen molar-refractivity contribution in [2.24, 2.45) is 0 Å². The number of halogens is 1. The van der Waals surface area contributed by atoms with Crippen LogP contribution in [0.25, 0.3) is 0 Å². The molecule has 2 aromatic carbocycles. The second-order valence-corrected chi connectivity index (χ2v) is 8.74. The molecular formula is C19H20ClN3O4S. The summed E-state index contributed by atoms with van der Waals surface area (Å²) in [5.74, 6) is -0.801. The van der Waals surface area contributed by atoms with Crippen molar-refractivity contribution in [2.45, 2.75) is 19.4 Å². The third-order valence-corrected chi connectivity index (χ3v) is 5.86. The molecule has 1 heterocycles. The van der Waals surface area contributed by atoms with Crippen molar-refractivity contribution in [3.63, 3.8) is 0 Å². The smallest absolute Gasteiger partial charge is 0.251 e. The molecule has 0 radical (unpaired) electrons. The van der Waals surface area contributed by atoms with Crippen LogP contribution in [0.15, 0.2) is 48.5 Å². The number of nitrogens with zero attached hydrogens (tertiary/aromatic N) is 2. The molecular weight excluding hydrogens is 402 g/mol. The topological polar surface area (TPSA) is 86.8 Å². The van der Waals surface area contributed by atoms with Gasteiger partial charge in [-0.15, -0.1) is 0 Å². The zero-order valence-corrected chi connectivity index (χ0v) is 17.0. The highest BCUT2D eigenvalue weighted by Crippen LogP contribution is 2.32. The standard InChI is InChI=1S/C19H20ClN3O4S/c1-3-16(23(28(2,26)27)14-10-8-13(20)9-11-14)19(25)22-12-18(24)21-15-6-4-5-7-17(15)22/h4-11,16H,3,12H2,1-2H3,(H,21,24)/t16-/m1/s1. The van der Waals surface area contributed by atoms with Gasteiger partial charge in [-0.3, -0.25) is 18.8 Å². The van der Waals surface area contributed by atoms with E-state index < -0.39 is 22.0 Å². The molecule has 1 aliphatic heterocycles. The van der Waals surface area contributed by atoms with Crippen molar-refractivity contribution >= 4 is 50.5 Å². The van der Waals surface area contributed by atoms with Gasteiger partial charge in [0.25, 0.3) is 5.91 Å². The molecule has 1 atom stereocenters. The average Bonchev–Trinajstić information content (AvgIpc) is 2.65. The van der Waals surface area contributed by atoms with Gasteiger partial charge in [0.2, 0.25) is 15.9 Å². The van der Waals surface area contributed by atoms with Gasteiger partial charge in [-0.05, 0) is 42.8 Å². The Labute approximate surface area is 168 Å². The van der Waals surface area contributed by atoms with Gasteiger partial charge in [-0.2, -0.15) is 0 Å². The Hall–Kier alpha value is -2.58. The Morgan fingerprint density at radius 2 is 1.86 bits per heavy atom. The van der Waals surface area contributed by atoms with E-state index in [4.69, 9.17) is 11.6 Å². The molecule has 0 spiro atoms. The zero-order valence-electron chi connectivity index (χ0n) is 15.4. The molecule has 1 aliphatic rings. The van der Waals surface area contributed by atoms with E-state index in [2.05, 4.69) is 5.32 Å². The Bertz CT molecular complexity index is 1010. The Balaban J connectivity index is 2.04. The zero-order chi connectivity index (χ0) is 20.5. The van der Waals surface area contributed by atoms with Crippen LogP contribution in [-0.4, -0.2) is 39.1 Å². The molecule has 2 amide bonds.